The molecule has 214 valence electrons. The Morgan fingerprint density at radius 2 is 1.88 bits per heavy atom. The molecule has 0 aliphatic carbocycles. The van der Waals surface area contributed by atoms with Gasteiger partial charge in [-0.2, -0.15) is 0 Å². The van der Waals surface area contributed by atoms with E-state index in [1.807, 2.05) is 18.2 Å². The summed E-state index contributed by atoms with van der Waals surface area (Å²) in [7, 11) is 0. The van der Waals surface area contributed by atoms with E-state index in [1.165, 1.54) is 21.7 Å². The van der Waals surface area contributed by atoms with Gasteiger partial charge in [0.1, 0.15) is 11.4 Å². The molecule has 4 aliphatic heterocycles. The van der Waals surface area contributed by atoms with Crippen LogP contribution < -0.4 is 50.7 Å². The Bertz CT molecular complexity index is 1490. The minimum Gasteiger partial charge on any atom is -0.548 e. The Hall–Kier alpha value is -2.81. The topological polar surface area (TPSA) is 154 Å². The fourth-order valence-corrected chi connectivity index (χ4v) is 7.65. The van der Waals surface area contributed by atoms with Gasteiger partial charge >= 0.3 is 41.6 Å². The zero-order chi connectivity index (χ0) is 29.2. The molecule has 0 aromatic heterocycles. The van der Waals surface area contributed by atoms with Crippen molar-refractivity contribution in [3.63, 3.8) is 0 Å². The standard InChI is InChI=1S/C27H27ClN6O6S.Na/c1-27(2)21(24(37)38)33-22(36)20(23(33)41-27)30-18(35)10-13-5-3-8-16(9-13)29-25(39)32-12-17-19(31-34(17)26(32)40)14-6-4-7-15(28)11-14;/h3-9,11,17,19-21,23,31H,10,12H2,1-2H3,(H,29,39)(H,30,35)(H,37,38);/q;+1/p-1/t17?,19?,20-,21+,23-;/m1./s1. The van der Waals surface area contributed by atoms with Gasteiger partial charge in [-0.15, -0.1) is 11.8 Å². The van der Waals surface area contributed by atoms with Crippen molar-refractivity contribution < 1.29 is 58.6 Å². The first-order valence-electron chi connectivity index (χ1n) is 13.0. The number of hydrogen-bond acceptors (Lipinski definition) is 8. The number of imide groups is 1. The molecule has 4 aliphatic rings. The Morgan fingerprint density at radius 3 is 2.60 bits per heavy atom. The molecule has 0 bridgehead atoms. The van der Waals surface area contributed by atoms with Gasteiger partial charge in [-0.25, -0.2) is 19.9 Å². The molecule has 4 fully saturated rings. The van der Waals surface area contributed by atoms with Crippen LogP contribution >= 0.6 is 23.4 Å². The smallest absolute Gasteiger partial charge is 0.548 e. The Labute approximate surface area is 272 Å². The predicted octanol–water partition coefficient (Wildman–Crippen LogP) is -1.92. The Kier molecular flexibility index (Phi) is 8.29. The quantitative estimate of drug-likeness (QED) is 0.250. The van der Waals surface area contributed by atoms with Crippen LogP contribution in [0.15, 0.2) is 48.5 Å². The average molecular weight is 621 g/mol. The fraction of sp³-hybridized carbons (Fsp3) is 0.370. The molecule has 15 heteroatoms. The number of halogens is 1. The number of nitrogens with zero attached hydrogens (tertiary/aromatic N) is 3. The van der Waals surface area contributed by atoms with Gasteiger partial charge in [-0.05, 0) is 49.2 Å². The Balaban J connectivity index is 0.00000353. The minimum atomic E-state index is -1.32. The SMILES string of the molecule is CC1(C)S[C@@H]2[C@H](NC(=O)Cc3cccc(NC(=O)N4CC5C(c6cccc(Cl)c6)NN5C4=O)c3)C(=O)N2[C@H]1C(=O)[O-].[Na+]. The van der Waals surface area contributed by atoms with Crippen LogP contribution in [0, 0.1) is 0 Å². The number of nitrogens with one attached hydrogen (secondary N) is 3. The molecule has 4 saturated heterocycles. The number of fused-ring (bicyclic) bond motifs is 2. The molecule has 6 rings (SSSR count). The second-order valence-electron chi connectivity index (χ2n) is 10.9. The zero-order valence-electron chi connectivity index (χ0n) is 23.0. The first-order chi connectivity index (χ1) is 19.4. The number of urea groups is 2. The van der Waals surface area contributed by atoms with Crippen molar-refractivity contribution in [3.8, 4) is 0 Å². The molecular formula is C27H26ClN6NaO6S. The van der Waals surface area contributed by atoms with Crippen molar-refractivity contribution in [1.82, 2.24) is 25.6 Å². The molecule has 2 aromatic carbocycles. The van der Waals surface area contributed by atoms with E-state index in [0.717, 1.165) is 10.5 Å². The van der Waals surface area contributed by atoms with Gasteiger partial charge < -0.3 is 25.4 Å². The van der Waals surface area contributed by atoms with Crippen molar-refractivity contribution in [3.05, 3.63) is 64.7 Å². The number of carboxylic acids is 1. The number of amides is 6. The largest absolute Gasteiger partial charge is 1.00 e. The van der Waals surface area contributed by atoms with Crippen LogP contribution in [-0.2, 0) is 20.8 Å². The van der Waals surface area contributed by atoms with Crippen LogP contribution in [0.2, 0.25) is 5.02 Å². The summed E-state index contributed by atoms with van der Waals surface area (Å²) in [6.07, 6.45) is -0.0675. The monoisotopic (exact) mass is 620 g/mol. The maximum Gasteiger partial charge on any atom is 1.00 e. The summed E-state index contributed by atoms with van der Waals surface area (Å²) < 4.78 is -0.745. The van der Waals surface area contributed by atoms with E-state index in [2.05, 4.69) is 16.1 Å². The molecule has 2 unspecified atom stereocenters. The van der Waals surface area contributed by atoms with E-state index in [0.29, 0.717) is 16.3 Å². The van der Waals surface area contributed by atoms with Crippen molar-refractivity contribution in [2.75, 3.05) is 11.9 Å². The van der Waals surface area contributed by atoms with Gasteiger partial charge in [-0.3, -0.25) is 14.6 Å². The van der Waals surface area contributed by atoms with Crippen LogP contribution in [0.5, 0.6) is 0 Å². The number of carbonyl (C=O) groups excluding carboxylic acids is 5. The molecule has 0 saturated carbocycles. The third-order valence-corrected chi connectivity index (χ3v) is 9.58. The van der Waals surface area contributed by atoms with Crippen LogP contribution in [-0.4, -0.2) is 79.4 Å². The normalized spacial score (nSPS) is 26.8. The first-order valence-corrected chi connectivity index (χ1v) is 14.2. The number of benzene rings is 2. The van der Waals surface area contributed by atoms with E-state index in [-0.39, 0.29) is 54.6 Å². The van der Waals surface area contributed by atoms with E-state index >= 15 is 0 Å². The number of hydrogen-bond donors (Lipinski definition) is 3. The number of anilines is 1. The number of aliphatic carboxylic acids is 1. The molecule has 42 heavy (non-hydrogen) atoms. The van der Waals surface area contributed by atoms with Crippen LogP contribution in [0.3, 0.4) is 0 Å². The first kappa shape index (κ1) is 30.6. The summed E-state index contributed by atoms with van der Waals surface area (Å²) in [5.41, 5.74) is 4.97. The summed E-state index contributed by atoms with van der Waals surface area (Å²) in [5.74, 6) is -2.19. The summed E-state index contributed by atoms with van der Waals surface area (Å²) >= 11 is 7.41. The predicted molar refractivity (Wildman–Crippen MR) is 147 cm³/mol. The summed E-state index contributed by atoms with van der Waals surface area (Å²) in [6, 6.07) is 10.6. The molecule has 0 spiro atoms. The fourth-order valence-electron chi connectivity index (χ4n) is 5.83. The third-order valence-electron chi connectivity index (χ3n) is 7.78. The molecule has 3 N–H and O–H groups in total. The molecule has 12 nitrogen and oxygen atoms in total. The zero-order valence-corrected chi connectivity index (χ0v) is 26.6. The molecule has 5 atom stereocenters. The van der Waals surface area contributed by atoms with Crippen molar-refractivity contribution >= 4 is 58.9 Å². The minimum absolute atomic E-state index is 0. The number of hydrazine groups is 1. The maximum atomic E-state index is 13.0. The van der Waals surface area contributed by atoms with E-state index in [1.54, 1.807) is 44.2 Å². The van der Waals surface area contributed by atoms with Crippen molar-refractivity contribution in [1.29, 1.82) is 0 Å². The van der Waals surface area contributed by atoms with Crippen molar-refractivity contribution in [2.24, 2.45) is 0 Å². The van der Waals surface area contributed by atoms with Gasteiger partial charge in [0.05, 0.1) is 37.1 Å². The van der Waals surface area contributed by atoms with Gasteiger partial charge in [0.25, 0.3) is 0 Å². The molecule has 4 heterocycles. The number of carboxylic acid groups (broad SMARTS) is 1. The molecule has 2 aromatic rings. The van der Waals surface area contributed by atoms with Crippen LogP contribution in [0.1, 0.15) is 31.0 Å². The van der Waals surface area contributed by atoms with E-state index in [4.69, 9.17) is 11.6 Å². The van der Waals surface area contributed by atoms with Crippen molar-refractivity contribution in [2.45, 2.75) is 54.6 Å². The van der Waals surface area contributed by atoms with E-state index < -0.39 is 52.1 Å². The maximum absolute atomic E-state index is 13.0. The summed E-state index contributed by atoms with van der Waals surface area (Å²) in [6.45, 7) is 3.65. The average Bonchev–Trinajstić information content (AvgIpc) is 3.29. The second kappa shape index (κ2) is 11.4. The third kappa shape index (κ3) is 5.26. The number of carbonyl (C=O) groups is 5. The molecule has 0 radical (unpaired) electrons. The van der Waals surface area contributed by atoms with E-state index in [9.17, 15) is 29.1 Å². The molecule has 6 amide bonds. The second-order valence-corrected chi connectivity index (χ2v) is 13.1. The van der Waals surface area contributed by atoms with Gasteiger partial charge in [-0.1, -0.05) is 35.9 Å². The summed E-state index contributed by atoms with van der Waals surface area (Å²) in [4.78, 5) is 65.1. The van der Waals surface area contributed by atoms with Crippen LogP contribution in [0.25, 0.3) is 0 Å². The number of rotatable bonds is 6. The number of β-lactam (4-membered cyclic amide) rings is 1. The van der Waals surface area contributed by atoms with Gasteiger partial charge in [0.15, 0.2) is 0 Å². The number of thioether (sulfide) groups is 1. The van der Waals surface area contributed by atoms with Gasteiger partial charge in [0.2, 0.25) is 11.8 Å². The summed E-state index contributed by atoms with van der Waals surface area (Å²) in [5, 5.41) is 18.5. The van der Waals surface area contributed by atoms with Crippen LogP contribution in [0.4, 0.5) is 15.3 Å². The molecular weight excluding hydrogens is 595 g/mol. The Morgan fingerprint density at radius 1 is 1.14 bits per heavy atom. The van der Waals surface area contributed by atoms with Gasteiger partial charge in [0, 0.05) is 15.5 Å².